The van der Waals surface area contributed by atoms with Gasteiger partial charge in [-0.3, -0.25) is 9.69 Å². The predicted molar refractivity (Wildman–Crippen MR) is 114 cm³/mol. The Labute approximate surface area is 176 Å². The van der Waals surface area contributed by atoms with Crippen molar-refractivity contribution in [3.05, 3.63) is 51.2 Å². The number of hydrogen-bond donors (Lipinski definition) is 0. The molecule has 0 saturated carbocycles. The van der Waals surface area contributed by atoms with E-state index in [2.05, 4.69) is 21.7 Å². The summed E-state index contributed by atoms with van der Waals surface area (Å²) in [5, 5.41) is 4.96. The zero-order valence-electron chi connectivity index (χ0n) is 16.1. The molecule has 0 bridgehead atoms. The average Bonchev–Trinajstić information content (AvgIpc) is 3.23. The van der Waals surface area contributed by atoms with Crippen molar-refractivity contribution in [3.63, 3.8) is 0 Å². The van der Waals surface area contributed by atoms with Crippen molar-refractivity contribution in [2.45, 2.75) is 44.8 Å². The maximum absolute atomic E-state index is 13.0. The summed E-state index contributed by atoms with van der Waals surface area (Å²) in [6.07, 6.45) is 5.43. The van der Waals surface area contributed by atoms with Crippen LogP contribution in [0.3, 0.4) is 0 Å². The normalized spacial score (nSPS) is 19.0. The van der Waals surface area contributed by atoms with Crippen LogP contribution >= 0.6 is 22.9 Å². The number of hydrogen-bond acceptors (Lipinski definition) is 4. The van der Waals surface area contributed by atoms with Crippen molar-refractivity contribution < 1.29 is 9.53 Å². The minimum Gasteiger partial charge on any atom is -0.489 e. The number of rotatable bonds is 5. The lowest BCUT2D eigenvalue weighted by Crippen LogP contribution is -2.38. The number of thiophene rings is 1. The van der Waals surface area contributed by atoms with Gasteiger partial charge in [0.2, 0.25) is 0 Å². The van der Waals surface area contributed by atoms with E-state index in [4.69, 9.17) is 16.3 Å². The van der Waals surface area contributed by atoms with Crippen LogP contribution in [0.5, 0.6) is 5.75 Å². The van der Waals surface area contributed by atoms with Gasteiger partial charge >= 0.3 is 0 Å². The van der Waals surface area contributed by atoms with E-state index in [1.165, 1.54) is 12.0 Å². The van der Waals surface area contributed by atoms with Crippen LogP contribution < -0.4 is 4.74 Å². The third-order valence-electron chi connectivity index (χ3n) is 5.63. The van der Waals surface area contributed by atoms with Crippen molar-refractivity contribution in [1.82, 2.24) is 9.80 Å². The van der Waals surface area contributed by atoms with E-state index in [0.717, 1.165) is 58.4 Å². The van der Waals surface area contributed by atoms with Crippen LogP contribution in [0.1, 0.15) is 48.0 Å². The summed E-state index contributed by atoms with van der Waals surface area (Å²) in [7, 11) is 0. The number of benzene rings is 1. The predicted octanol–water partition coefficient (Wildman–Crippen LogP) is 5.07. The smallest absolute Gasteiger partial charge is 0.257 e. The van der Waals surface area contributed by atoms with E-state index < -0.39 is 0 Å². The lowest BCUT2D eigenvalue weighted by atomic mass is 10.1. The van der Waals surface area contributed by atoms with Gasteiger partial charge in [0.1, 0.15) is 11.9 Å². The molecule has 2 aliphatic rings. The topological polar surface area (TPSA) is 32.8 Å². The average molecular weight is 419 g/mol. The first kappa shape index (κ1) is 19.7. The van der Waals surface area contributed by atoms with Gasteiger partial charge in [0.25, 0.3) is 5.91 Å². The summed E-state index contributed by atoms with van der Waals surface area (Å²) in [5.41, 5.74) is 2.03. The Hall–Kier alpha value is -1.56. The fourth-order valence-corrected chi connectivity index (χ4v) is 4.87. The quantitative estimate of drug-likeness (QED) is 0.679. The van der Waals surface area contributed by atoms with Crippen LogP contribution in [-0.4, -0.2) is 48.0 Å². The highest BCUT2D eigenvalue weighted by Crippen LogP contribution is 2.29. The molecule has 1 amide bonds. The second-order valence-electron chi connectivity index (χ2n) is 7.72. The number of carbonyl (C=O) groups is 1. The lowest BCUT2D eigenvalue weighted by molar-refractivity contribution is 0.0702. The van der Waals surface area contributed by atoms with E-state index in [1.807, 2.05) is 11.0 Å². The molecule has 4 nitrogen and oxygen atoms in total. The van der Waals surface area contributed by atoms with Crippen molar-refractivity contribution in [2.75, 3.05) is 26.2 Å². The third-order valence-corrected chi connectivity index (χ3v) is 6.60. The van der Waals surface area contributed by atoms with Gasteiger partial charge < -0.3 is 9.64 Å². The lowest BCUT2D eigenvalue weighted by Gasteiger charge is -2.33. The molecule has 2 aromatic rings. The fraction of sp³-hybridized carbons (Fsp3) is 0.500. The number of amides is 1. The minimum atomic E-state index is 0.0706. The van der Waals surface area contributed by atoms with Crippen LogP contribution in [-0.2, 0) is 6.54 Å². The number of nitrogens with zero attached hydrogens (tertiary/aromatic N) is 2. The standard InChI is InChI=1S/C22H27ClN2O2S/c23-18-4-5-20(22(26)25-9-2-1-3-10-25)21(14-18)27-19-6-11-24(12-7-19)15-17-8-13-28-16-17/h4-5,8,13-14,16,19H,1-3,6-7,9-12,15H2. The number of halogens is 1. The SMILES string of the molecule is O=C(c1ccc(Cl)cc1OC1CCN(Cc2ccsc2)CC1)N1CCCCC1. The van der Waals surface area contributed by atoms with Crippen molar-refractivity contribution in [3.8, 4) is 5.75 Å². The summed E-state index contributed by atoms with van der Waals surface area (Å²) >= 11 is 7.96. The molecular formula is C22H27ClN2O2S. The Morgan fingerprint density at radius 3 is 2.61 bits per heavy atom. The van der Waals surface area contributed by atoms with Crippen LogP contribution in [0.25, 0.3) is 0 Å². The molecule has 0 aliphatic carbocycles. The van der Waals surface area contributed by atoms with E-state index in [0.29, 0.717) is 16.3 Å². The fourth-order valence-electron chi connectivity index (χ4n) is 4.04. The van der Waals surface area contributed by atoms with Crippen molar-refractivity contribution >= 4 is 28.8 Å². The second kappa shape index (κ2) is 9.29. The van der Waals surface area contributed by atoms with Crippen LogP contribution in [0.2, 0.25) is 5.02 Å². The van der Waals surface area contributed by atoms with Gasteiger partial charge in [0.05, 0.1) is 5.56 Å². The minimum absolute atomic E-state index is 0.0706. The van der Waals surface area contributed by atoms with Crippen molar-refractivity contribution in [1.29, 1.82) is 0 Å². The Balaban J connectivity index is 1.39. The zero-order valence-corrected chi connectivity index (χ0v) is 17.7. The maximum Gasteiger partial charge on any atom is 0.257 e. The van der Waals surface area contributed by atoms with Gasteiger partial charge in [-0.25, -0.2) is 0 Å². The molecule has 0 radical (unpaired) electrons. The van der Waals surface area contributed by atoms with Gasteiger partial charge in [-0.2, -0.15) is 11.3 Å². The van der Waals surface area contributed by atoms with Gasteiger partial charge in [0.15, 0.2) is 0 Å². The summed E-state index contributed by atoms with van der Waals surface area (Å²) in [6, 6.07) is 7.60. The summed E-state index contributed by atoms with van der Waals surface area (Å²) in [6.45, 7) is 4.70. The van der Waals surface area contributed by atoms with Crippen LogP contribution in [0.15, 0.2) is 35.0 Å². The zero-order chi connectivity index (χ0) is 19.3. The molecule has 6 heteroatoms. The molecule has 4 rings (SSSR count). The number of piperidine rings is 2. The Kier molecular flexibility index (Phi) is 6.55. The highest BCUT2D eigenvalue weighted by Gasteiger charge is 2.25. The van der Waals surface area contributed by atoms with Crippen LogP contribution in [0, 0.1) is 0 Å². The first-order valence-electron chi connectivity index (χ1n) is 10.2. The molecule has 28 heavy (non-hydrogen) atoms. The maximum atomic E-state index is 13.0. The monoisotopic (exact) mass is 418 g/mol. The van der Waals surface area contributed by atoms with Gasteiger partial charge in [-0.1, -0.05) is 11.6 Å². The molecule has 1 aromatic heterocycles. The van der Waals surface area contributed by atoms with E-state index in [9.17, 15) is 4.79 Å². The number of ether oxygens (including phenoxy) is 1. The molecule has 0 N–H and O–H groups in total. The Morgan fingerprint density at radius 2 is 1.89 bits per heavy atom. The van der Waals surface area contributed by atoms with E-state index in [1.54, 1.807) is 23.5 Å². The molecule has 0 unspecified atom stereocenters. The van der Waals surface area contributed by atoms with E-state index in [-0.39, 0.29) is 12.0 Å². The largest absolute Gasteiger partial charge is 0.489 e. The molecule has 0 atom stereocenters. The molecule has 2 saturated heterocycles. The third kappa shape index (κ3) is 4.88. The highest BCUT2D eigenvalue weighted by molar-refractivity contribution is 7.07. The summed E-state index contributed by atoms with van der Waals surface area (Å²) < 4.78 is 6.31. The van der Waals surface area contributed by atoms with Gasteiger partial charge in [-0.15, -0.1) is 0 Å². The number of likely N-dealkylation sites (tertiary alicyclic amines) is 2. The molecule has 2 aliphatic heterocycles. The first-order valence-corrected chi connectivity index (χ1v) is 11.5. The van der Waals surface area contributed by atoms with Crippen molar-refractivity contribution in [2.24, 2.45) is 0 Å². The Morgan fingerprint density at radius 1 is 1.11 bits per heavy atom. The van der Waals surface area contributed by atoms with Gasteiger partial charge in [-0.05, 0) is 72.7 Å². The van der Waals surface area contributed by atoms with Gasteiger partial charge in [0, 0.05) is 37.7 Å². The summed E-state index contributed by atoms with van der Waals surface area (Å²) in [5.74, 6) is 0.709. The molecule has 150 valence electrons. The molecule has 1 aromatic carbocycles. The molecule has 0 spiro atoms. The molecule has 3 heterocycles. The first-order chi connectivity index (χ1) is 13.7. The Bertz CT molecular complexity index is 782. The highest BCUT2D eigenvalue weighted by atomic mass is 35.5. The van der Waals surface area contributed by atoms with E-state index >= 15 is 0 Å². The summed E-state index contributed by atoms with van der Waals surface area (Å²) in [4.78, 5) is 17.4. The molecule has 2 fully saturated rings. The second-order valence-corrected chi connectivity index (χ2v) is 8.93. The van der Waals surface area contributed by atoms with Crippen LogP contribution in [0.4, 0.5) is 0 Å². The molecular weight excluding hydrogens is 392 g/mol. The number of carbonyl (C=O) groups excluding carboxylic acids is 1.